The number of esters is 1. The SMILES string of the molecule is CCOC(=O)c1ccc(N(CC)CC(C)C(=O)O)cc1. The fourth-order valence-corrected chi connectivity index (χ4v) is 1.85. The summed E-state index contributed by atoms with van der Waals surface area (Å²) in [6.07, 6.45) is 0. The van der Waals surface area contributed by atoms with Crippen LogP contribution in [0.25, 0.3) is 0 Å². The Labute approximate surface area is 119 Å². The van der Waals surface area contributed by atoms with Crippen molar-refractivity contribution < 1.29 is 19.4 Å². The molecule has 0 radical (unpaired) electrons. The largest absolute Gasteiger partial charge is 0.481 e. The van der Waals surface area contributed by atoms with Gasteiger partial charge in [-0.1, -0.05) is 6.92 Å². The van der Waals surface area contributed by atoms with Gasteiger partial charge in [0.15, 0.2) is 0 Å². The molecule has 20 heavy (non-hydrogen) atoms. The Morgan fingerprint density at radius 2 is 1.85 bits per heavy atom. The van der Waals surface area contributed by atoms with Gasteiger partial charge in [0.1, 0.15) is 0 Å². The zero-order chi connectivity index (χ0) is 15.1. The molecule has 0 bridgehead atoms. The quantitative estimate of drug-likeness (QED) is 0.776. The lowest BCUT2D eigenvalue weighted by Gasteiger charge is -2.25. The van der Waals surface area contributed by atoms with Crippen molar-refractivity contribution in [2.45, 2.75) is 20.8 Å². The summed E-state index contributed by atoms with van der Waals surface area (Å²) in [5, 5.41) is 8.96. The highest BCUT2D eigenvalue weighted by Crippen LogP contribution is 2.17. The lowest BCUT2D eigenvalue weighted by Crippen LogP contribution is -2.31. The Hall–Kier alpha value is -2.04. The summed E-state index contributed by atoms with van der Waals surface area (Å²) in [6.45, 7) is 6.89. The Bertz CT molecular complexity index is 455. The number of carbonyl (C=O) groups excluding carboxylic acids is 1. The molecule has 1 rings (SSSR count). The first-order chi connectivity index (χ1) is 9.49. The van der Waals surface area contributed by atoms with E-state index < -0.39 is 11.9 Å². The van der Waals surface area contributed by atoms with E-state index in [-0.39, 0.29) is 5.97 Å². The van der Waals surface area contributed by atoms with Gasteiger partial charge in [-0.05, 0) is 38.1 Å². The van der Waals surface area contributed by atoms with E-state index in [0.717, 1.165) is 5.69 Å². The summed E-state index contributed by atoms with van der Waals surface area (Å²) in [5.41, 5.74) is 1.39. The lowest BCUT2D eigenvalue weighted by molar-refractivity contribution is -0.140. The highest BCUT2D eigenvalue weighted by Gasteiger charge is 2.16. The van der Waals surface area contributed by atoms with Crippen molar-refractivity contribution in [2.24, 2.45) is 5.92 Å². The molecule has 1 aromatic carbocycles. The van der Waals surface area contributed by atoms with Gasteiger partial charge in [0.05, 0.1) is 18.1 Å². The summed E-state index contributed by atoms with van der Waals surface area (Å²) in [6, 6.07) is 7.01. The third kappa shape index (κ3) is 4.26. The second kappa shape index (κ2) is 7.53. The van der Waals surface area contributed by atoms with Crippen LogP contribution < -0.4 is 4.90 Å². The van der Waals surface area contributed by atoms with Gasteiger partial charge >= 0.3 is 11.9 Å². The summed E-state index contributed by atoms with van der Waals surface area (Å²) >= 11 is 0. The normalized spacial score (nSPS) is 11.8. The van der Waals surface area contributed by atoms with E-state index in [1.165, 1.54) is 0 Å². The van der Waals surface area contributed by atoms with Gasteiger partial charge in [-0.3, -0.25) is 4.79 Å². The zero-order valence-corrected chi connectivity index (χ0v) is 12.1. The average Bonchev–Trinajstić information content (AvgIpc) is 2.44. The molecule has 0 aromatic heterocycles. The van der Waals surface area contributed by atoms with Crippen molar-refractivity contribution in [1.29, 1.82) is 0 Å². The first-order valence-electron chi connectivity index (χ1n) is 6.74. The predicted octanol–water partition coefficient (Wildman–Crippen LogP) is 2.41. The molecule has 5 heteroatoms. The summed E-state index contributed by atoms with van der Waals surface area (Å²) < 4.78 is 4.92. The molecule has 1 N–H and O–H groups in total. The molecule has 1 atom stereocenters. The molecule has 0 saturated heterocycles. The summed E-state index contributed by atoms with van der Waals surface area (Å²) in [5.74, 6) is -1.60. The Balaban J connectivity index is 2.79. The van der Waals surface area contributed by atoms with Gasteiger partial charge in [0.2, 0.25) is 0 Å². The van der Waals surface area contributed by atoms with Crippen LogP contribution in [0.15, 0.2) is 24.3 Å². The fourth-order valence-electron chi connectivity index (χ4n) is 1.85. The number of carbonyl (C=O) groups is 2. The van der Waals surface area contributed by atoms with Crippen LogP contribution >= 0.6 is 0 Å². The minimum absolute atomic E-state index is 0.345. The number of aliphatic carboxylic acids is 1. The van der Waals surface area contributed by atoms with Gasteiger partial charge in [0, 0.05) is 18.8 Å². The number of ether oxygens (including phenoxy) is 1. The lowest BCUT2D eigenvalue weighted by atomic mass is 10.1. The number of nitrogens with zero attached hydrogens (tertiary/aromatic N) is 1. The second-order valence-electron chi connectivity index (χ2n) is 4.55. The maximum Gasteiger partial charge on any atom is 0.338 e. The highest BCUT2D eigenvalue weighted by molar-refractivity contribution is 5.89. The van der Waals surface area contributed by atoms with Gasteiger partial charge in [0.25, 0.3) is 0 Å². The van der Waals surface area contributed by atoms with Crippen LogP contribution in [0.2, 0.25) is 0 Å². The third-order valence-corrected chi connectivity index (χ3v) is 3.04. The standard InChI is InChI=1S/C15H21NO4/c1-4-16(10-11(3)14(17)18)13-8-6-12(7-9-13)15(19)20-5-2/h6-9,11H,4-5,10H2,1-3H3,(H,17,18). The van der Waals surface area contributed by atoms with Gasteiger partial charge in [-0.15, -0.1) is 0 Å². The number of carboxylic acids is 1. The summed E-state index contributed by atoms with van der Waals surface area (Å²) in [7, 11) is 0. The van der Waals surface area contributed by atoms with E-state index in [4.69, 9.17) is 9.84 Å². The van der Waals surface area contributed by atoms with E-state index in [1.807, 2.05) is 24.0 Å². The molecule has 0 aliphatic rings. The van der Waals surface area contributed by atoms with Gasteiger partial charge in [-0.2, -0.15) is 0 Å². The van der Waals surface area contributed by atoms with Crippen LogP contribution in [0.3, 0.4) is 0 Å². The summed E-state index contributed by atoms with van der Waals surface area (Å²) in [4.78, 5) is 24.4. The topological polar surface area (TPSA) is 66.8 Å². The number of rotatable bonds is 7. The monoisotopic (exact) mass is 279 g/mol. The zero-order valence-electron chi connectivity index (χ0n) is 12.1. The van der Waals surface area contributed by atoms with Crippen LogP contribution in [0, 0.1) is 5.92 Å². The van der Waals surface area contributed by atoms with Crippen LogP contribution in [0.4, 0.5) is 5.69 Å². The fraction of sp³-hybridized carbons (Fsp3) is 0.467. The van der Waals surface area contributed by atoms with Crippen molar-refractivity contribution in [1.82, 2.24) is 0 Å². The number of benzene rings is 1. The average molecular weight is 279 g/mol. The first kappa shape index (κ1) is 16.0. The van der Waals surface area contributed by atoms with E-state index in [2.05, 4.69) is 0 Å². The molecule has 0 aliphatic carbocycles. The van der Waals surface area contributed by atoms with Crippen LogP contribution in [0.5, 0.6) is 0 Å². The molecule has 0 fully saturated rings. The Morgan fingerprint density at radius 3 is 2.30 bits per heavy atom. The highest BCUT2D eigenvalue weighted by atomic mass is 16.5. The maximum atomic E-state index is 11.5. The Kier molecular flexibility index (Phi) is 6.03. The molecule has 1 aromatic rings. The molecule has 110 valence electrons. The minimum atomic E-state index is -0.813. The smallest absolute Gasteiger partial charge is 0.338 e. The molecule has 1 unspecified atom stereocenters. The first-order valence-corrected chi connectivity index (χ1v) is 6.74. The van der Waals surface area contributed by atoms with E-state index in [1.54, 1.807) is 26.0 Å². The third-order valence-electron chi connectivity index (χ3n) is 3.04. The van der Waals surface area contributed by atoms with Gasteiger partial charge < -0.3 is 14.7 Å². The van der Waals surface area contributed by atoms with E-state index in [9.17, 15) is 9.59 Å². The van der Waals surface area contributed by atoms with Crippen molar-refractivity contribution in [2.75, 3.05) is 24.6 Å². The molecule has 0 aliphatic heterocycles. The minimum Gasteiger partial charge on any atom is -0.481 e. The maximum absolute atomic E-state index is 11.5. The molecular formula is C15H21NO4. The number of anilines is 1. The molecule has 0 spiro atoms. The second-order valence-corrected chi connectivity index (χ2v) is 4.55. The Morgan fingerprint density at radius 1 is 1.25 bits per heavy atom. The van der Waals surface area contributed by atoms with Crippen LogP contribution in [-0.4, -0.2) is 36.7 Å². The van der Waals surface area contributed by atoms with Gasteiger partial charge in [-0.25, -0.2) is 4.79 Å². The van der Waals surface area contributed by atoms with Crippen molar-refractivity contribution in [3.05, 3.63) is 29.8 Å². The van der Waals surface area contributed by atoms with Crippen LogP contribution in [-0.2, 0) is 9.53 Å². The number of hydrogen-bond acceptors (Lipinski definition) is 4. The van der Waals surface area contributed by atoms with E-state index >= 15 is 0 Å². The molecule has 0 heterocycles. The number of carboxylic acid groups (broad SMARTS) is 1. The van der Waals surface area contributed by atoms with E-state index in [0.29, 0.717) is 25.3 Å². The van der Waals surface area contributed by atoms with Crippen LogP contribution in [0.1, 0.15) is 31.1 Å². The van der Waals surface area contributed by atoms with Crippen molar-refractivity contribution in [3.8, 4) is 0 Å². The van der Waals surface area contributed by atoms with Crippen molar-refractivity contribution >= 4 is 17.6 Å². The van der Waals surface area contributed by atoms with Crippen molar-refractivity contribution in [3.63, 3.8) is 0 Å². The predicted molar refractivity (Wildman–Crippen MR) is 77.1 cm³/mol. The number of hydrogen-bond donors (Lipinski definition) is 1. The molecule has 5 nitrogen and oxygen atoms in total. The molecular weight excluding hydrogens is 258 g/mol. The molecule has 0 amide bonds. The molecule has 0 saturated carbocycles.